The predicted octanol–water partition coefficient (Wildman–Crippen LogP) is 8.65. The molecule has 6 aromatic rings. The van der Waals surface area contributed by atoms with Gasteiger partial charge >= 0.3 is 0 Å². The van der Waals surface area contributed by atoms with E-state index in [1.54, 1.807) is 0 Å². The van der Waals surface area contributed by atoms with E-state index in [-0.39, 0.29) is 0 Å². The Morgan fingerprint density at radius 2 is 1.00 bits per heavy atom. The maximum Gasteiger partial charge on any atom is 0.148 e. The SMILES string of the molecule is S=P12c3cc(-c4ccccc4)ccc3Oc3ccc(-c4ccccc4)c(c31)Oc1cc(-c3ccccc3)ccc12. The van der Waals surface area contributed by atoms with E-state index < -0.39 is 6.04 Å². The van der Waals surface area contributed by atoms with Crippen molar-refractivity contribution in [3.05, 3.63) is 140 Å². The average molecular weight is 551 g/mol. The minimum Gasteiger partial charge on any atom is -0.456 e. The highest BCUT2D eigenvalue weighted by Gasteiger charge is 2.44. The Kier molecular flexibility index (Phi) is 5.31. The van der Waals surface area contributed by atoms with Crippen LogP contribution in [-0.4, -0.2) is 0 Å². The lowest BCUT2D eigenvalue weighted by Crippen LogP contribution is -2.35. The first-order valence-corrected chi connectivity index (χ1v) is 16.1. The summed E-state index contributed by atoms with van der Waals surface area (Å²) in [6.07, 6.45) is 0. The van der Waals surface area contributed by atoms with Crippen molar-refractivity contribution in [1.82, 2.24) is 0 Å². The number of benzene rings is 6. The van der Waals surface area contributed by atoms with Crippen LogP contribution in [0.4, 0.5) is 0 Å². The van der Waals surface area contributed by atoms with Crippen LogP contribution in [0, 0.1) is 0 Å². The Hall–Kier alpha value is -4.43. The molecule has 40 heavy (non-hydrogen) atoms. The van der Waals surface area contributed by atoms with E-state index in [1.807, 2.05) is 18.2 Å². The molecule has 2 aliphatic heterocycles. The standard InChI is InChI=1S/C36H23O2PS/c40-39-33-21-17-27(24-10-4-1-5-11-24)22-32(33)38-35-29(26-14-8-3-9-15-26)18-20-31(36(35)39)37-30-19-16-28(23-34(30)39)25-12-6-2-7-13-25/h1-23H. The fourth-order valence-electron chi connectivity index (χ4n) is 5.81. The Bertz CT molecular complexity index is 1970. The van der Waals surface area contributed by atoms with Gasteiger partial charge in [-0.15, -0.1) is 0 Å². The van der Waals surface area contributed by atoms with Gasteiger partial charge in [-0.1, -0.05) is 115 Å². The van der Waals surface area contributed by atoms with E-state index >= 15 is 0 Å². The Morgan fingerprint density at radius 3 is 1.68 bits per heavy atom. The second-order valence-corrected chi connectivity index (χ2v) is 14.3. The van der Waals surface area contributed by atoms with Gasteiger partial charge in [0, 0.05) is 16.2 Å². The zero-order valence-corrected chi connectivity index (χ0v) is 23.2. The van der Waals surface area contributed by atoms with Gasteiger partial charge in [0.15, 0.2) is 0 Å². The molecule has 8 rings (SSSR count). The van der Waals surface area contributed by atoms with Crippen LogP contribution < -0.4 is 25.4 Å². The van der Waals surface area contributed by atoms with Gasteiger partial charge in [-0.05, 0) is 64.2 Å². The minimum absolute atomic E-state index is 0.788. The van der Waals surface area contributed by atoms with Gasteiger partial charge in [0.05, 0.1) is 11.3 Å². The molecule has 0 spiro atoms. The monoisotopic (exact) mass is 550 g/mol. The molecular weight excluding hydrogens is 527 g/mol. The molecular formula is C36H23O2PS. The number of rotatable bonds is 3. The Balaban J connectivity index is 1.42. The topological polar surface area (TPSA) is 18.5 Å². The maximum absolute atomic E-state index is 6.89. The van der Waals surface area contributed by atoms with Crippen LogP contribution in [0.15, 0.2) is 140 Å². The van der Waals surface area contributed by atoms with Crippen molar-refractivity contribution in [1.29, 1.82) is 0 Å². The molecule has 0 amide bonds. The lowest BCUT2D eigenvalue weighted by atomic mass is 10.0. The maximum atomic E-state index is 6.89. The molecule has 2 aliphatic rings. The fourth-order valence-corrected chi connectivity index (χ4v) is 10.3. The number of hydrogen-bond donors (Lipinski definition) is 0. The second kappa shape index (κ2) is 9.06. The molecule has 0 fully saturated rings. The van der Waals surface area contributed by atoms with Crippen LogP contribution in [0.25, 0.3) is 33.4 Å². The van der Waals surface area contributed by atoms with E-state index in [4.69, 9.17) is 21.3 Å². The summed E-state index contributed by atoms with van der Waals surface area (Å²) in [5.41, 5.74) is 6.65. The van der Waals surface area contributed by atoms with Gasteiger partial charge in [0.1, 0.15) is 23.0 Å². The highest BCUT2D eigenvalue weighted by atomic mass is 32.4. The lowest BCUT2D eigenvalue weighted by molar-refractivity contribution is 0.468. The first-order chi connectivity index (χ1) is 19.7. The quantitative estimate of drug-likeness (QED) is 0.205. The van der Waals surface area contributed by atoms with Crippen molar-refractivity contribution in [3.63, 3.8) is 0 Å². The van der Waals surface area contributed by atoms with Crippen LogP contribution in [0.3, 0.4) is 0 Å². The van der Waals surface area contributed by atoms with Gasteiger partial charge in [-0.2, -0.15) is 0 Å². The third-order valence-electron chi connectivity index (χ3n) is 7.74. The zero-order valence-electron chi connectivity index (χ0n) is 21.5. The molecule has 0 N–H and O–H groups in total. The Morgan fingerprint density at radius 1 is 0.425 bits per heavy atom. The van der Waals surface area contributed by atoms with Crippen molar-refractivity contribution < 1.29 is 9.47 Å². The molecule has 1 atom stereocenters. The van der Waals surface area contributed by atoms with Crippen LogP contribution in [0.5, 0.6) is 23.0 Å². The molecule has 190 valence electrons. The smallest absolute Gasteiger partial charge is 0.148 e. The summed E-state index contributed by atoms with van der Waals surface area (Å²) in [5.74, 6) is 3.25. The third-order valence-corrected chi connectivity index (χ3v) is 12.6. The van der Waals surface area contributed by atoms with Gasteiger partial charge < -0.3 is 9.47 Å². The van der Waals surface area contributed by atoms with Crippen molar-refractivity contribution in [3.8, 4) is 56.4 Å². The van der Waals surface area contributed by atoms with Crippen LogP contribution >= 0.6 is 6.04 Å². The molecule has 0 bridgehead atoms. The zero-order chi connectivity index (χ0) is 26.7. The molecule has 0 aliphatic carbocycles. The summed E-state index contributed by atoms with van der Waals surface area (Å²) in [6.45, 7) is 0. The number of hydrogen-bond acceptors (Lipinski definition) is 3. The van der Waals surface area contributed by atoms with E-state index in [9.17, 15) is 0 Å². The lowest BCUT2D eigenvalue weighted by Gasteiger charge is -2.38. The minimum atomic E-state index is -2.54. The fraction of sp³-hybridized carbons (Fsp3) is 0. The molecule has 4 heteroatoms. The van der Waals surface area contributed by atoms with Crippen LogP contribution in [-0.2, 0) is 11.8 Å². The summed E-state index contributed by atoms with van der Waals surface area (Å²) >= 11 is 6.89. The third kappa shape index (κ3) is 3.52. The first kappa shape index (κ1) is 23.5. The van der Waals surface area contributed by atoms with Gasteiger partial charge in [-0.3, -0.25) is 0 Å². The van der Waals surface area contributed by atoms with Crippen molar-refractivity contribution in [2.45, 2.75) is 0 Å². The highest BCUT2D eigenvalue weighted by molar-refractivity contribution is 8.26. The molecule has 0 aromatic heterocycles. The Labute approximate surface area is 238 Å². The van der Waals surface area contributed by atoms with E-state index in [0.717, 1.165) is 72.3 Å². The predicted molar refractivity (Wildman–Crippen MR) is 169 cm³/mol. The van der Waals surface area contributed by atoms with E-state index in [1.165, 1.54) is 0 Å². The summed E-state index contributed by atoms with van der Waals surface area (Å²) in [6, 6.07) is 45.8. The first-order valence-electron chi connectivity index (χ1n) is 13.3. The van der Waals surface area contributed by atoms with E-state index in [2.05, 4.69) is 121 Å². The van der Waals surface area contributed by atoms with Crippen molar-refractivity contribution in [2.24, 2.45) is 0 Å². The van der Waals surface area contributed by atoms with Gasteiger partial charge in [-0.25, -0.2) is 0 Å². The van der Waals surface area contributed by atoms with Crippen LogP contribution in [0.2, 0.25) is 0 Å². The molecule has 0 saturated heterocycles. The van der Waals surface area contributed by atoms with Crippen molar-refractivity contribution in [2.75, 3.05) is 0 Å². The highest BCUT2D eigenvalue weighted by Crippen LogP contribution is 2.60. The largest absolute Gasteiger partial charge is 0.456 e. The summed E-state index contributed by atoms with van der Waals surface area (Å²) in [4.78, 5) is 0. The average Bonchev–Trinajstić information content (AvgIpc) is 3.02. The van der Waals surface area contributed by atoms with Gasteiger partial charge in [0.25, 0.3) is 0 Å². The molecule has 1 unspecified atom stereocenters. The van der Waals surface area contributed by atoms with Gasteiger partial charge in [0.2, 0.25) is 0 Å². The summed E-state index contributed by atoms with van der Waals surface area (Å²) in [7, 11) is 0. The summed E-state index contributed by atoms with van der Waals surface area (Å²) in [5, 5.41) is 3.14. The van der Waals surface area contributed by atoms with E-state index in [0.29, 0.717) is 0 Å². The van der Waals surface area contributed by atoms with Crippen LogP contribution in [0.1, 0.15) is 0 Å². The number of ether oxygens (including phenoxy) is 2. The molecule has 0 saturated carbocycles. The van der Waals surface area contributed by atoms with Crippen molar-refractivity contribution >= 4 is 33.8 Å². The number of fused-ring (bicyclic) bond motifs is 4. The molecule has 2 nitrogen and oxygen atoms in total. The molecule has 0 radical (unpaired) electrons. The summed E-state index contributed by atoms with van der Waals surface area (Å²) < 4.78 is 13.4. The molecule has 2 heterocycles. The second-order valence-electron chi connectivity index (χ2n) is 10.1. The normalized spacial score (nSPS) is 16.1. The molecule has 6 aromatic carbocycles.